The van der Waals surface area contributed by atoms with E-state index in [2.05, 4.69) is 12.2 Å². The summed E-state index contributed by atoms with van der Waals surface area (Å²) in [6, 6.07) is 5.42. The molecule has 1 unspecified atom stereocenters. The molecule has 1 aromatic carbocycles. The zero-order valence-electron chi connectivity index (χ0n) is 12.7. The van der Waals surface area contributed by atoms with E-state index in [1.807, 2.05) is 19.1 Å². The number of anilines is 2. The normalized spacial score (nSPS) is 19.2. The molecule has 0 aromatic heterocycles. The van der Waals surface area contributed by atoms with Crippen LogP contribution >= 0.6 is 0 Å². The first kappa shape index (κ1) is 15.4. The number of carbonyl (C=O) groups excluding carboxylic acids is 2. The van der Waals surface area contributed by atoms with Gasteiger partial charge in [0.1, 0.15) is 0 Å². The Hall–Kier alpha value is -2.04. The lowest BCUT2D eigenvalue weighted by Gasteiger charge is -2.20. The first-order valence-corrected chi connectivity index (χ1v) is 7.39. The van der Waals surface area contributed by atoms with Crippen molar-refractivity contribution >= 4 is 23.2 Å². The topological polar surface area (TPSA) is 75.4 Å². The first-order valence-electron chi connectivity index (χ1n) is 7.39. The summed E-state index contributed by atoms with van der Waals surface area (Å²) in [5.41, 5.74) is 8.11. The van der Waals surface area contributed by atoms with Crippen molar-refractivity contribution in [1.29, 1.82) is 0 Å². The molecular formula is C16H23N3O2. The van der Waals surface area contributed by atoms with Gasteiger partial charge in [-0.15, -0.1) is 0 Å². The van der Waals surface area contributed by atoms with Crippen LogP contribution < -0.4 is 11.1 Å². The van der Waals surface area contributed by atoms with E-state index in [9.17, 15) is 9.59 Å². The average molecular weight is 289 g/mol. The fourth-order valence-electron chi connectivity index (χ4n) is 2.43. The Morgan fingerprint density at radius 2 is 2.19 bits per heavy atom. The van der Waals surface area contributed by atoms with Crippen LogP contribution in [-0.4, -0.2) is 29.8 Å². The molecule has 1 saturated heterocycles. The lowest BCUT2D eigenvalue weighted by Crippen LogP contribution is -2.37. The number of hydrogen-bond acceptors (Lipinski definition) is 3. The molecule has 0 aliphatic carbocycles. The van der Waals surface area contributed by atoms with E-state index in [1.165, 1.54) is 0 Å². The van der Waals surface area contributed by atoms with Crippen molar-refractivity contribution in [2.45, 2.75) is 33.1 Å². The van der Waals surface area contributed by atoms with Crippen molar-refractivity contribution in [2.24, 2.45) is 5.92 Å². The summed E-state index contributed by atoms with van der Waals surface area (Å²) < 4.78 is 0. The molecule has 21 heavy (non-hydrogen) atoms. The maximum atomic E-state index is 12.1. The number of aryl methyl sites for hydroxylation is 1. The highest BCUT2D eigenvalue weighted by Gasteiger charge is 2.22. The van der Waals surface area contributed by atoms with E-state index in [0.717, 1.165) is 18.4 Å². The molecular weight excluding hydrogens is 266 g/mol. The van der Waals surface area contributed by atoms with Gasteiger partial charge < -0.3 is 16.0 Å². The molecule has 0 spiro atoms. The first-order chi connectivity index (χ1) is 9.95. The molecule has 1 fully saturated rings. The highest BCUT2D eigenvalue weighted by atomic mass is 16.2. The highest BCUT2D eigenvalue weighted by molar-refractivity contribution is 5.95. The predicted octanol–water partition coefficient (Wildman–Crippen LogP) is 2.16. The molecule has 5 nitrogen and oxygen atoms in total. The lowest BCUT2D eigenvalue weighted by molar-refractivity contribution is -0.134. The van der Waals surface area contributed by atoms with Gasteiger partial charge in [-0.25, -0.2) is 0 Å². The largest absolute Gasteiger partial charge is 0.398 e. The molecule has 0 saturated carbocycles. The van der Waals surface area contributed by atoms with Gasteiger partial charge >= 0.3 is 0 Å². The van der Waals surface area contributed by atoms with Gasteiger partial charge in [-0.05, 0) is 43.4 Å². The third kappa shape index (κ3) is 4.21. The third-order valence-corrected chi connectivity index (χ3v) is 3.99. The van der Waals surface area contributed by atoms with E-state index in [1.54, 1.807) is 11.0 Å². The number of benzene rings is 1. The average Bonchev–Trinajstić information content (AvgIpc) is 2.58. The number of nitrogen functional groups attached to an aromatic ring is 1. The van der Waals surface area contributed by atoms with Crippen LogP contribution in [0.15, 0.2) is 18.2 Å². The number of likely N-dealkylation sites (tertiary alicyclic amines) is 1. The minimum Gasteiger partial charge on any atom is -0.398 e. The van der Waals surface area contributed by atoms with Gasteiger partial charge in [-0.2, -0.15) is 0 Å². The Morgan fingerprint density at radius 3 is 2.90 bits per heavy atom. The number of nitrogens with one attached hydrogen (secondary N) is 1. The lowest BCUT2D eigenvalue weighted by atomic mass is 10.0. The molecule has 1 aliphatic rings. The van der Waals surface area contributed by atoms with Gasteiger partial charge in [-0.3, -0.25) is 9.59 Å². The third-order valence-electron chi connectivity index (χ3n) is 3.99. The SMILES string of the molecule is Cc1ccc(NC(=O)CN2CCC(C)CCC2=O)cc1N. The van der Waals surface area contributed by atoms with Crippen molar-refractivity contribution in [3.05, 3.63) is 23.8 Å². The molecule has 0 bridgehead atoms. The van der Waals surface area contributed by atoms with E-state index in [-0.39, 0.29) is 18.4 Å². The zero-order chi connectivity index (χ0) is 15.4. The molecule has 114 valence electrons. The van der Waals surface area contributed by atoms with Crippen LogP contribution in [0, 0.1) is 12.8 Å². The Kier molecular flexibility index (Phi) is 4.83. The smallest absolute Gasteiger partial charge is 0.243 e. The Labute approximate surface area is 125 Å². The van der Waals surface area contributed by atoms with Crippen molar-refractivity contribution < 1.29 is 9.59 Å². The molecule has 1 heterocycles. The predicted molar refractivity (Wildman–Crippen MR) is 83.8 cm³/mol. The number of hydrogen-bond donors (Lipinski definition) is 2. The Balaban J connectivity index is 1.94. The quantitative estimate of drug-likeness (QED) is 0.837. The van der Waals surface area contributed by atoms with Gasteiger partial charge in [0.05, 0.1) is 6.54 Å². The molecule has 0 radical (unpaired) electrons. The van der Waals surface area contributed by atoms with Crippen LogP contribution in [-0.2, 0) is 9.59 Å². The number of rotatable bonds is 3. The standard InChI is InChI=1S/C16H23N3O2/c1-11-3-6-16(21)19(8-7-11)10-15(20)18-13-5-4-12(2)14(17)9-13/h4-5,9,11H,3,6-8,10,17H2,1-2H3,(H,18,20). The number of carbonyl (C=O) groups is 2. The van der Waals surface area contributed by atoms with Gasteiger partial charge in [0.15, 0.2) is 0 Å². The fourth-order valence-corrected chi connectivity index (χ4v) is 2.43. The van der Waals surface area contributed by atoms with Crippen LogP contribution in [0.3, 0.4) is 0 Å². The van der Waals surface area contributed by atoms with E-state index < -0.39 is 0 Å². The summed E-state index contributed by atoms with van der Waals surface area (Å²) in [6.45, 7) is 4.83. The Morgan fingerprint density at radius 1 is 1.43 bits per heavy atom. The van der Waals surface area contributed by atoms with Crippen molar-refractivity contribution in [2.75, 3.05) is 24.1 Å². The minimum absolute atomic E-state index is 0.0675. The minimum atomic E-state index is -0.179. The number of nitrogens with two attached hydrogens (primary N) is 1. The second-order valence-electron chi connectivity index (χ2n) is 5.87. The van der Waals surface area contributed by atoms with Crippen molar-refractivity contribution in [1.82, 2.24) is 4.90 Å². The molecule has 5 heteroatoms. The summed E-state index contributed by atoms with van der Waals surface area (Å²) in [7, 11) is 0. The second-order valence-corrected chi connectivity index (χ2v) is 5.87. The number of nitrogens with zero attached hydrogens (tertiary/aromatic N) is 1. The van der Waals surface area contributed by atoms with E-state index >= 15 is 0 Å². The van der Waals surface area contributed by atoms with Gasteiger partial charge in [0.2, 0.25) is 11.8 Å². The molecule has 1 aromatic rings. The van der Waals surface area contributed by atoms with Gasteiger partial charge in [0.25, 0.3) is 0 Å². The van der Waals surface area contributed by atoms with Gasteiger partial charge in [-0.1, -0.05) is 13.0 Å². The maximum absolute atomic E-state index is 12.1. The molecule has 1 aliphatic heterocycles. The van der Waals surface area contributed by atoms with Crippen molar-refractivity contribution in [3.8, 4) is 0 Å². The molecule has 2 amide bonds. The summed E-state index contributed by atoms with van der Waals surface area (Å²) in [5, 5.41) is 2.80. The highest BCUT2D eigenvalue weighted by Crippen LogP contribution is 2.19. The van der Waals surface area contributed by atoms with Crippen molar-refractivity contribution in [3.63, 3.8) is 0 Å². The Bertz CT molecular complexity index is 542. The van der Waals surface area contributed by atoms with E-state index in [4.69, 9.17) is 5.73 Å². The molecule has 1 atom stereocenters. The zero-order valence-corrected chi connectivity index (χ0v) is 12.7. The van der Waals surface area contributed by atoms with Crippen LogP contribution in [0.2, 0.25) is 0 Å². The fraction of sp³-hybridized carbons (Fsp3) is 0.500. The van der Waals surface area contributed by atoms with Crippen LogP contribution in [0.1, 0.15) is 31.7 Å². The molecule has 3 N–H and O–H groups in total. The second kappa shape index (κ2) is 6.61. The number of amides is 2. The van der Waals surface area contributed by atoms with Crippen LogP contribution in [0.25, 0.3) is 0 Å². The van der Waals surface area contributed by atoms with Crippen LogP contribution in [0.4, 0.5) is 11.4 Å². The van der Waals surface area contributed by atoms with Gasteiger partial charge in [0, 0.05) is 24.3 Å². The monoisotopic (exact) mass is 289 g/mol. The summed E-state index contributed by atoms with van der Waals surface area (Å²) >= 11 is 0. The van der Waals surface area contributed by atoms with Crippen LogP contribution in [0.5, 0.6) is 0 Å². The summed E-state index contributed by atoms with van der Waals surface area (Å²) in [6.07, 6.45) is 2.40. The molecule has 2 rings (SSSR count). The maximum Gasteiger partial charge on any atom is 0.243 e. The summed E-state index contributed by atoms with van der Waals surface area (Å²) in [4.78, 5) is 25.7. The van der Waals surface area contributed by atoms with E-state index in [0.29, 0.717) is 30.3 Å². The summed E-state index contributed by atoms with van der Waals surface area (Å²) in [5.74, 6) is 0.429.